The van der Waals surface area contributed by atoms with Crippen LogP contribution in [-0.4, -0.2) is 43.8 Å². The maximum Gasteiger partial charge on any atom is 0.264 e. The minimum atomic E-state index is -4.25. The summed E-state index contributed by atoms with van der Waals surface area (Å²) in [6, 6.07) is 18.3. The Morgan fingerprint density at radius 1 is 0.929 bits per heavy atom. The quantitative estimate of drug-likeness (QED) is 0.300. The maximum absolute atomic E-state index is 14.2. The van der Waals surface area contributed by atoms with Crippen LogP contribution in [0.1, 0.15) is 62.1 Å². The van der Waals surface area contributed by atoms with Gasteiger partial charge < -0.3 is 10.2 Å². The Labute approximate surface area is 248 Å². The second-order valence-corrected chi connectivity index (χ2v) is 12.9. The summed E-state index contributed by atoms with van der Waals surface area (Å²) in [6.07, 6.45) is 5.45. The highest BCUT2D eigenvalue weighted by Crippen LogP contribution is 2.26. The molecule has 1 N–H and O–H groups in total. The van der Waals surface area contributed by atoms with Crippen LogP contribution in [0.2, 0.25) is 0 Å². The summed E-state index contributed by atoms with van der Waals surface area (Å²) in [4.78, 5) is 29.2. The fourth-order valence-electron chi connectivity index (χ4n) is 5.41. The maximum atomic E-state index is 14.2. The predicted octanol–water partition coefficient (Wildman–Crippen LogP) is 5.89. The Bertz CT molecular complexity index is 1470. The van der Waals surface area contributed by atoms with Gasteiger partial charge in [-0.15, -0.1) is 0 Å². The van der Waals surface area contributed by atoms with E-state index in [1.807, 2.05) is 45.0 Å². The van der Waals surface area contributed by atoms with Crippen molar-refractivity contribution in [3.05, 3.63) is 95.3 Å². The van der Waals surface area contributed by atoms with Gasteiger partial charge in [-0.2, -0.15) is 0 Å². The fraction of sp³-hybridized carbons (Fsp3) is 0.394. The zero-order valence-corrected chi connectivity index (χ0v) is 25.4. The second-order valence-electron chi connectivity index (χ2n) is 11.0. The van der Waals surface area contributed by atoms with Gasteiger partial charge in [0.05, 0.1) is 10.6 Å². The summed E-state index contributed by atoms with van der Waals surface area (Å²) in [6.45, 7) is 5.31. The van der Waals surface area contributed by atoms with Crippen molar-refractivity contribution >= 4 is 27.5 Å². The van der Waals surface area contributed by atoms with Gasteiger partial charge in [0, 0.05) is 12.6 Å². The van der Waals surface area contributed by atoms with Crippen molar-refractivity contribution in [1.29, 1.82) is 0 Å². The molecular formula is C33H40FN3O4S. The number of nitrogens with zero attached hydrogens (tertiary/aromatic N) is 2. The Balaban J connectivity index is 1.71. The van der Waals surface area contributed by atoms with Gasteiger partial charge in [0.25, 0.3) is 10.0 Å². The number of benzene rings is 3. The molecule has 0 spiro atoms. The van der Waals surface area contributed by atoms with Gasteiger partial charge in [-0.3, -0.25) is 13.9 Å². The van der Waals surface area contributed by atoms with Crippen LogP contribution in [0, 0.1) is 19.7 Å². The molecule has 9 heteroatoms. The molecular weight excluding hydrogens is 553 g/mol. The second kappa shape index (κ2) is 14.0. The first-order valence-electron chi connectivity index (χ1n) is 14.6. The van der Waals surface area contributed by atoms with Gasteiger partial charge in [0.1, 0.15) is 18.4 Å². The van der Waals surface area contributed by atoms with E-state index in [0.717, 1.165) is 65.2 Å². The number of anilines is 1. The highest BCUT2D eigenvalue weighted by Gasteiger charge is 2.34. The Hall–Kier alpha value is -3.72. The van der Waals surface area contributed by atoms with Crippen LogP contribution < -0.4 is 9.62 Å². The van der Waals surface area contributed by atoms with Crippen LogP contribution in [0.5, 0.6) is 0 Å². The third kappa shape index (κ3) is 7.56. The van der Waals surface area contributed by atoms with Crippen molar-refractivity contribution in [3.8, 4) is 0 Å². The van der Waals surface area contributed by atoms with Crippen LogP contribution >= 0.6 is 0 Å². The molecule has 1 atom stereocenters. The summed E-state index contributed by atoms with van der Waals surface area (Å²) in [7, 11) is -4.25. The minimum absolute atomic E-state index is 0.0682. The lowest BCUT2D eigenvalue weighted by Crippen LogP contribution is -2.54. The number of nitrogens with one attached hydrogen (secondary N) is 1. The van der Waals surface area contributed by atoms with Gasteiger partial charge in [-0.1, -0.05) is 68.1 Å². The lowest BCUT2D eigenvalue weighted by molar-refractivity contribution is -0.140. The minimum Gasteiger partial charge on any atom is -0.352 e. The Morgan fingerprint density at radius 2 is 1.57 bits per heavy atom. The van der Waals surface area contributed by atoms with Gasteiger partial charge in [0.15, 0.2) is 0 Å². The van der Waals surface area contributed by atoms with E-state index in [1.165, 1.54) is 17.0 Å². The first-order chi connectivity index (χ1) is 20.1. The summed E-state index contributed by atoms with van der Waals surface area (Å²) in [5.74, 6) is -1.30. The fourth-order valence-corrected chi connectivity index (χ4v) is 6.82. The van der Waals surface area contributed by atoms with Crippen molar-refractivity contribution in [2.75, 3.05) is 10.8 Å². The topological polar surface area (TPSA) is 86.8 Å². The Morgan fingerprint density at radius 3 is 2.19 bits per heavy atom. The Kier molecular flexibility index (Phi) is 10.4. The molecule has 1 aliphatic carbocycles. The van der Waals surface area contributed by atoms with E-state index in [-0.39, 0.29) is 23.4 Å². The number of carbonyl (C=O) groups is 2. The summed E-state index contributed by atoms with van der Waals surface area (Å²) in [5.41, 5.74) is 3.06. The molecule has 4 rings (SSSR count). The molecule has 1 saturated carbocycles. The monoisotopic (exact) mass is 593 g/mol. The molecule has 2 amide bonds. The molecule has 0 aliphatic heterocycles. The third-order valence-electron chi connectivity index (χ3n) is 7.94. The van der Waals surface area contributed by atoms with Gasteiger partial charge in [-0.05, 0) is 80.6 Å². The first kappa shape index (κ1) is 31.2. The molecule has 0 heterocycles. The van der Waals surface area contributed by atoms with E-state index in [0.29, 0.717) is 12.1 Å². The molecule has 42 heavy (non-hydrogen) atoms. The van der Waals surface area contributed by atoms with Crippen LogP contribution in [-0.2, 0) is 26.2 Å². The number of hydrogen-bond donors (Lipinski definition) is 1. The molecule has 1 unspecified atom stereocenters. The molecule has 3 aromatic carbocycles. The lowest BCUT2D eigenvalue weighted by atomic mass is 9.95. The molecule has 1 aliphatic rings. The number of aryl methyl sites for hydroxylation is 2. The highest BCUT2D eigenvalue weighted by molar-refractivity contribution is 7.92. The smallest absolute Gasteiger partial charge is 0.264 e. The summed E-state index contributed by atoms with van der Waals surface area (Å²) in [5, 5.41) is 3.16. The van der Waals surface area contributed by atoms with E-state index < -0.39 is 34.3 Å². The van der Waals surface area contributed by atoms with Crippen molar-refractivity contribution in [2.45, 2.75) is 82.8 Å². The van der Waals surface area contributed by atoms with Crippen molar-refractivity contribution in [1.82, 2.24) is 10.2 Å². The van der Waals surface area contributed by atoms with Crippen LogP contribution in [0.15, 0.2) is 77.7 Å². The molecule has 0 saturated heterocycles. The van der Waals surface area contributed by atoms with Gasteiger partial charge in [-0.25, -0.2) is 12.8 Å². The van der Waals surface area contributed by atoms with E-state index in [9.17, 15) is 22.4 Å². The number of hydrogen-bond acceptors (Lipinski definition) is 4. The van der Waals surface area contributed by atoms with Crippen LogP contribution in [0.25, 0.3) is 0 Å². The van der Waals surface area contributed by atoms with E-state index in [4.69, 9.17) is 0 Å². The first-order valence-corrected chi connectivity index (χ1v) is 16.0. The average Bonchev–Trinajstić information content (AvgIpc) is 2.98. The molecule has 1 fully saturated rings. The van der Waals surface area contributed by atoms with Gasteiger partial charge >= 0.3 is 0 Å². The van der Waals surface area contributed by atoms with Crippen LogP contribution in [0.3, 0.4) is 0 Å². The van der Waals surface area contributed by atoms with Crippen molar-refractivity contribution in [2.24, 2.45) is 0 Å². The van der Waals surface area contributed by atoms with Gasteiger partial charge in [0.2, 0.25) is 11.8 Å². The van der Waals surface area contributed by atoms with Crippen LogP contribution in [0.4, 0.5) is 10.1 Å². The van der Waals surface area contributed by atoms with E-state index >= 15 is 0 Å². The standard InChI is InChI=1S/C33H40FN3O4S/c1-4-31(33(39)35-28-12-6-5-7-13-28)36(22-26-11-9-8-10-25(26)3)32(38)23-37(29-18-14-24(2)15-19-29)42(40,41)30-20-16-27(34)17-21-30/h8-11,14-21,28,31H,4-7,12-13,22-23H2,1-3H3,(H,35,39). The number of rotatable bonds is 11. The lowest BCUT2D eigenvalue weighted by Gasteiger charge is -2.34. The molecule has 224 valence electrons. The van der Waals surface area contributed by atoms with Crippen molar-refractivity contribution < 1.29 is 22.4 Å². The average molecular weight is 594 g/mol. The number of amides is 2. The largest absolute Gasteiger partial charge is 0.352 e. The number of carbonyl (C=O) groups excluding carboxylic acids is 2. The molecule has 0 radical (unpaired) electrons. The van der Waals surface area contributed by atoms with E-state index in [1.54, 1.807) is 24.3 Å². The molecule has 0 bridgehead atoms. The molecule has 3 aromatic rings. The highest BCUT2D eigenvalue weighted by atomic mass is 32.2. The summed E-state index contributed by atoms with van der Waals surface area (Å²) >= 11 is 0. The number of halogens is 1. The van der Waals surface area contributed by atoms with E-state index in [2.05, 4.69) is 5.32 Å². The summed E-state index contributed by atoms with van der Waals surface area (Å²) < 4.78 is 42.5. The SMILES string of the molecule is CCC(C(=O)NC1CCCCC1)N(Cc1ccccc1C)C(=O)CN(c1ccc(C)cc1)S(=O)(=O)c1ccc(F)cc1. The number of sulfonamides is 1. The zero-order chi connectivity index (χ0) is 30.3. The third-order valence-corrected chi connectivity index (χ3v) is 9.73. The normalized spacial score (nSPS) is 14.7. The predicted molar refractivity (Wildman–Crippen MR) is 163 cm³/mol. The van der Waals surface area contributed by atoms with Crippen molar-refractivity contribution in [3.63, 3.8) is 0 Å². The molecule has 0 aromatic heterocycles. The molecule has 7 nitrogen and oxygen atoms in total. The zero-order valence-electron chi connectivity index (χ0n) is 24.6.